The predicted octanol–water partition coefficient (Wildman–Crippen LogP) is 2.38. The molecule has 2 aliphatic carbocycles. The Kier molecular flexibility index (Phi) is 3.21. The van der Waals surface area contributed by atoms with Crippen LogP contribution in [0.15, 0.2) is 0 Å². The molecular weight excluding hydrogens is 196 g/mol. The summed E-state index contributed by atoms with van der Waals surface area (Å²) in [6.07, 6.45) is 11.4. The summed E-state index contributed by atoms with van der Waals surface area (Å²) in [6.45, 7) is 2.66. The van der Waals surface area contributed by atoms with Gasteiger partial charge < -0.3 is 5.73 Å². The van der Waals surface area contributed by atoms with E-state index in [1.54, 1.807) is 0 Å². The Morgan fingerprint density at radius 2 is 1.75 bits per heavy atom. The van der Waals surface area contributed by atoms with E-state index in [0.29, 0.717) is 6.04 Å². The maximum Gasteiger partial charge on any atom is 0.0124 e. The fraction of sp³-hybridized carbons (Fsp3) is 1.00. The third kappa shape index (κ3) is 2.02. The Hall–Kier alpha value is -0.0800. The molecule has 4 unspecified atom stereocenters. The van der Waals surface area contributed by atoms with Crippen molar-refractivity contribution < 1.29 is 0 Å². The van der Waals surface area contributed by atoms with Crippen molar-refractivity contribution in [1.82, 2.24) is 4.90 Å². The van der Waals surface area contributed by atoms with Crippen molar-refractivity contribution in [2.24, 2.45) is 17.6 Å². The number of rotatable bonds is 2. The minimum atomic E-state index is 0.502. The second kappa shape index (κ2) is 4.66. The molecule has 0 amide bonds. The first-order valence-corrected chi connectivity index (χ1v) is 7.34. The van der Waals surface area contributed by atoms with Crippen molar-refractivity contribution in [2.45, 2.75) is 63.5 Å². The van der Waals surface area contributed by atoms with Gasteiger partial charge in [-0.1, -0.05) is 12.8 Å². The number of nitrogens with two attached hydrogens (primary N) is 1. The molecule has 92 valence electrons. The number of nitrogens with zero attached hydrogens (tertiary/aromatic N) is 1. The minimum Gasteiger partial charge on any atom is -0.327 e. The van der Waals surface area contributed by atoms with Gasteiger partial charge in [0.2, 0.25) is 0 Å². The van der Waals surface area contributed by atoms with Crippen LogP contribution in [0.25, 0.3) is 0 Å². The summed E-state index contributed by atoms with van der Waals surface area (Å²) in [5.74, 6) is 1.84. The van der Waals surface area contributed by atoms with E-state index < -0.39 is 0 Å². The van der Waals surface area contributed by atoms with Gasteiger partial charge in [0.05, 0.1) is 0 Å². The number of piperidine rings is 1. The van der Waals surface area contributed by atoms with Crippen LogP contribution in [0.2, 0.25) is 0 Å². The molecule has 1 aliphatic heterocycles. The van der Waals surface area contributed by atoms with Crippen LogP contribution in [0.4, 0.5) is 0 Å². The summed E-state index contributed by atoms with van der Waals surface area (Å²) in [5.41, 5.74) is 6.21. The van der Waals surface area contributed by atoms with Gasteiger partial charge in [-0.05, 0) is 56.9 Å². The van der Waals surface area contributed by atoms with E-state index in [0.717, 1.165) is 17.9 Å². The molecule has 16 heavy (non-hydrogen) atoms. The molecule has 3 rings (SSSR count). The van der Waals surface area contributed by atoms with Crippen molar-refractivity contribution in [2.75, 3.05) is 13.1 Å². The molecule has 0 aromatic carbocycles. The van der Waals surface area contributed by atoms with Gasteiger partial charge in [-0.2, -0.15) is 0 Å². The third-order valence-electron chi connectivity index (χ3n) is 5.30. The highest BCUT2D eigenvalue weighted by atomic mass is 15.2. The smallest absolute Gasteiger partial charge is 0.0124 e. The quantitative estimate of drug-likeness (QED) is 0.777. The van der Waals surface area contributed by atoms with Crippen molar-refractivity contribution in [3.8, 4) is 0 Å². The molecule has 3 fully saturated rings. The second-order valence-electron chi connectivity index (χ2n) is 6.25. The molecule has 0 spiro atoms. The van der Waals surface area contributed by atoms with Gasteiger partial charge in [0, 0.05) is 18.6 Å². The summed E-state index contributed by atoms with van der Waals surface area (Å²) in [4.78, 5) is 2.80. The van der Waals surface area contributed by atoms with Gasteiger partial charge >= 0.3 is 0 Å². The molecule has 2 saturated carbocycles. The first-order valence-electron chi connectivity index (χ1n) is 7.34. The van der Waals surface area contributed by atoms with Crippen molar-refractivity contribution in [3.05, 3.63) is 0 Å². The average molecular weight is 222 g/mol. The van der Waals surface area contributed by atoms with E-state index in [9.17, 15) is 0 Å². The fourth-order valence-electron chi connectivity index (χ4n) is 4.38. The maximum absolute atomic E-state index is 6.21. The molecule has 0 radical (unpaired) electrons. The monoisotopic (exact) mass is 222 g/mol. The van der Waals surface area contributed by atoms with Crippen LogP contribution in [0.1, 0.15) is 51.4 Å². The molecule has 4 atom stereocenters. The first kappa shape index (κ1) is 11.0. The number of hydrogen-bond acceptors (Lipinski definition) is 2. The minimum absolute atomic E-state index is 0.502. The van der Waals surface area contributed by atoms with Crippen molar-refractivity contribution in [1.29, 1.82) is 0 Å². The van der Waals surface area contributed by atoms with Crippen LogP contribution in [0, 0.1) is 11.8 Å². The predicted molar refractivity (Wildman–Crippen MR) is 67.3 cm³/mol. The lowest BCUT2D eigenvalue weighted by atomic mass is 9.90. The average Bonchev–Trinajstić information content (AvgIpc) is 2.89. The lowest BCUT2D eigenvalue weighted by Gasteiger charge is -2.39. The second-order valence-corrected chi connectivity index (χ2v) is 6.25. The summed E-state index contributed by atoms with van der Waals surface area (Å²) in [5, 5.41) is 0. The summed E-state index contributed by atoms with van der Waals surface area (Å²) in [6, 6.07) is 1.43. The molecule has 3 aliphatic rings. The van der Waals surface area contributed by atoms with Gasteiger partial charge in [0.25, 0.3) is 0 Å². The molecule has 2 nitrogen and oxygen atoms in total. The molecule has 1 saturated heterocycles. The Morgan fingerprint density at radius 1 is 0.938 bits per heavy atom. The molecule has 2 N–H and O–H groups in total. The van der Waals surface area contributed by atoms with Crippen LogP contribution >= 0.6 is 0 Å². The van der Waals surface area contributed by atoms with E-state index in [4.69, 9.17) is 5.73 Å². The van der Waals surface area contributed by atoms with E-state index >= 15 is 0 Å². The van der Waals surface area contributed by atoms with Gasteiger partial charge in [0.15, 0.2) is 0 Å². The Morgan fingerprint density at radius 3 is 2.56 bits per heavy atom. The van der Waals surface area contributed by atoms with E-state index in [2.05, 4.69) is 4.90 Å². The number of hydrogen-bond donors (Lipinski definition) is 1. The fourth-order valence-corrected chi connectivity index (χ4v) is 4.38. The van der Waals surface area contributed by atoms with Gasteiger partial charge in [-0.3, -0.25) is 4.90 Å². The van der Waals surface area contributed by atoms with Gasteiger partial charge in [-0.25, -0.2) is 0 Å². The summed E-state index contributed by atoms with van der Waals surface area (Å²) in [7, 11) is 0. The SMILES string of the molecule is NC1CCCC1CN1CCCC2CCCC21. The van der Waals surface area contributed by atoms with Crippen LogP contribution in [-0.4, -0.2) is 30.1 Å². The van der Waals surface area contributed by atoms with E-state index in [-0.39, 0.29) is 0 Å². The van der Waals surface area contributed by atoms with Crippen LogP contribution in [0.5, 0.6) is 0 Å². The normalized spacial score (nSPS) is 44.8. The van der Waals surface area contributed by atoms with Gasteiger partial charge in [-0.15, -0.1) is 0 Å². The van der Waals surface area contributed by atoms with Crippen molar-refractivity contribution >= 4 is 0 Å². The van der Waals surface area contributed by atoms with E-state index in [1.807, 2.05) is 0 Å². The molecule has 0 bridgehead atoms. The third-order valence-corrected chi connectivity index (χ3v) is 5.30. The van der Waals surface area contributed by atoms with Gasteiger partial charge in [0.1, 0.15) is 0 Å². The number of likely N-dealkylation sites (tertiary alicyclic amines) is 1. The lowest BCUT2D eigenvalue weighted by Crippen LogP contribution is -2.46. The summed E-state index contributed by atoms with van der Waals surface area (Å²) < 4.78 is 0. The maximum atomic E-state index is 6.21. The number of fused-ring (bicyclic) bond motifs is 1. The van der Waals surface area contributed by atoms with Crippen LogP contribution in [-0.2, 0) is 0 Å². The van der Waals surface area contributed by atoms with E-state index in [1.165, 1.54) is 64.5 Å². The first-order chi connectivity index (χ1) is 7.84. The highest BCUT2D eigenvalue weighted by Gasteiger charge is 2.37. The molecular formula is C14H26N2. The topological polar surface area (TPSA) is 29.3 Å². The molecule has 2 heteroatoms. The Balaban J connectivity index is 1.60. The molecule has 0 aromatic rings. The van der Waals surface area contributed by atoms with Crippen LogP contribution in [0.3, 0.4) is 0 Å². The van der Waals surface area contributed by atoms with Crippen molar-refractivity contribution in [3.63, 3.8) is 0 Å². The highest BCUT2D eigenvalue weighted by Crippen LogP contribution is 2.38. The Bertz CT molecular complexity index is 241. The highest BCUT2D eigenvalue weighted by molar-refractivity contribution is 4.92. The zero-order valence-corrected chi connectivity index (χ0v) is 10.4. The Labute approximate surface area is 99.6 Å². The lowest BCUT2D eigenvalue weighted by molar-refractivity contribution is 0.0926. The molecule has 0 aromatic heterocycles. The zero-order chi connectivity index (χ0) is 11.0. The molecule has 1 heterocycles. The summed E-state index contributed by atoms with van der Waals surface area (Å²) >= 11 is 0. The largest absolute Gasteiger partial charge is 0.327 e. The standard InChI is InChI=1S/C14H26N2/c15-13-7-1-5-12(13)10-16-9-3-6-11-4-2-8-14(11)16/h11-14H,1-10,15H2. The zero-order valence-electron chi connectivity index (χ0n) is 10.4. The van der Waals surface area contributed by atoms with Crippen LogP contribution < -0.4 is 5.73 Å².